The number of hydrogen-bond donors (Lipinski definition) is 2. The first-order chi connectivity index (χ1) is 16.9. The minimum Gasteiger partial charge on any atom is -0.362 e. The summed E-state index contributed by atoms with van der Waals surface area (Å²) in [4.78, 5) is 52.8. The van der Waals surface area contributed by atoms with E-state index in [-0.39, 0.29) is 36.3 Å². The first-order valence-corrected chi connectivity index (χ1v) is 11.9. The van der Waals surface area contributed by atoms with Crippen molar-refractivity contribution in [2.45, 2.75) is 44.6 Å². The first-order valence-electron chi connectivity index (χ1n) is 11.9. The van der Waals surface area contributed by atoms with Gasteiger partial charge in [-0.15, -0.1) is 0 Å². The second-order valence-electron chi connectivity index (χ2n) is 9.57. The molecule has 0 radical (unpaired) electrons. The van der Waals surface area contributed by atoms with E-state index in [2.05, 4.69) is 26.8 Å². The molecule has 4 amide bonds. The fraction of sp³-hybridized carbons (Fsp3) is 0.417. The maximum absolute atomic E-state index is 12.7. The number of carbonyl (C=O) groups is 3. The number of fused-ring (bicyclic) bond motifs is 1. The molecule has 1 atom stereocenters. The van der Waals surface area contributed by atoms with Gasteiger partial charge in [-0.25, -0.2) is 19.7 Å². The number of imide groups is 1. The van der Waals surface area contributed by atoms with Crippen LogP contribution in [0.15, 0.2) is 30.9 Å². The Morgan fingerprint density at radius 3 is 2.54 bits per heavy atom. The van der Waals surface area contributed by atoms with Crippen molar-refractivity contribution in [3.63, 3.8) is 0 Å². The molecule has 3 fully saturated rings. The van der Waals surface area contributed by atoms with Crippen LogP contribution in [0.5, 0.6) is 0 Å². The maximum Gasteiger partial charge on any atom is 0.331 e. The number of likely N-dealkylation sites (N-methyl/N-ethyl adjacent to an activating group) is 1. The lowest BCUT2D eigenvalue weighted by Gasteiger charge is -2.17. The molecule has 2 aliphatic carbocycles. The van der Waals surface area contributed by atoms with Gasteiger partial charge in [-0.3, -0.25) is 19.4 Å². The summed E-state index contributed by atoms with van der Waals surface area (Å²) in [6.07, 6.45) is 9.48. The molecule has 2 N–H and O–H groups in total. The molecule has 1 aliphatic heterocycles. The van der Waals surface area contributed by atoms with Crippen LogP contribution in [0.1, 0.15) is 55.8 Å². The second-order valence-corrected chi connectivity index (χ2v) is 9.57. The summed E-state index contributed by atoms with van der Waals surface area (Å²) in [6.45, 7) is 1.97. The fourth-order valence-corrected chi connectivity index (χ4v) is 4.33. The fourth-order valence-electron chi connectivity index (χ4n) is 4.33. The van der Waals surface area contributed by atoms with Gasteiger partial charge in [0.05, 0.1) is 17.4 Å². The summed E-state index contributed by atoms with van der Waals surface area (Å²) in [5, 5.41) is 6.15. The highest BCUT2D eigenvalue weighted by atomic mass is 16.2. The number of carbonyl (C=O) groups excluding carboxylic acids is 3. The molecule has 180 valence electrons. The van der Waals surface area contributed by atoms with Crippen molar-refractivity contribution in [2.75, 3.05) is 29.1 Å². The largest absolute Gasteiger partial charge is 0.362 e. The average Bonchev–Trinajstić information content (AvgIpc) is 3.77. The lowest BCUT2D eigenvalue weighted by molar-refractivity contribution is -0.124. The summed E-state index contributed by atoms with van der Waals surface area (Å²) >= 11 is 0. The van der Waals surface area contributed by atoms with Gasteiger partial charge in [-0.2, -0.15) is 0 Å². The number of urea groups is 1. The molecular formula is C24H26N8O3. The van der Waals surface area contributed by atoms with Gasteiger partial charge in [0.25, 0.3) is 0 Å². The zero-order valence-corrected chi connectivity index (χ0v) is 19.6. The Morgan fingerprint density at radius 1 is 1.09 bits per heavy atom. The molecule has 0 unspecified atom stereocenters. The third-order valence-electron chi connectivity index (χ3n) is 6.77. The van der Waals surface area contributed by atoms with Crippen LogP contribution in [0.25, 0.3) is 5.65 Å². The summed E-state index contributed by atoms with van der Waals surface area (Å²) in [6, 6.07) is 3.13. The number of anilines is 3. The molecule has 11 heteroatoms. The molecule has 35 heavy (non-hydrogen) atoms. The van der Waals surface area contributed by atoms with E-state index < -0.39 is 0 Å². The van der Waals surface area contributed by atoms with E-state index in [4.69, 9.17) is 4.98 Å². The molecule has 11 nitrogen and oxygen atoms in total. The number of pyridine rings is 1. The number of hydrogen-bond acceptors (Lipinski definition) is 7. The quantitative estimate of drug-likeness (QED) is 0.505. The molecule has 0 spiro atoms. The molecule has 6 rings (SSSR count). The van der Waals surface area contributed by atoms with E-state index >= 15 is 0 Å². The van der Waals surface area contributed by atoms with E-state index in [0.717, 1.165) is 41.8 Å². The van der Waals surface area contributed by atoms with Gasteiger partial charge in [-0.05, 0) is 50.2 Å². The maximum atomic E-state index is 12.7. The van der Waals surface area contributed by atoms with Crippen LogP contribution >= 0.6 is 0 Å². The first kappa shape index (κ1) is 21.5. The summed E-state index contributed by atoms with van der Waals surface area (Å²) in [5.41, 5.74) is 3.16. The van der Waals surface area contributed by atoms with Crippen LogP contribution in [0, 0.1) is 5.92 Å². The monoisotopic (exact) mass is 474 g/mol. The van der Waals surface area contributed by atoms with Crippen LogP contribution in [0.2, 0.25) is 0 Å². The van der Waals surface area contributed by atoms with Gasteiger partial charge in [0.1, 0.15) is 24.5 Å². The molecule has 3 aromatic rings. The lowest BCUT2D eigenvalue weighted by Crippen LogP contribution is -2.30. The molecule has 0 bridgehead atoms. The van der Waals surface area contributed by atoms with Gasteiger partial charge in [-0.1, -0.05) is 0 Å². The van der Waals surface area contributed by atoms with E-state index in [1.807, 2.05) is 23.6 Å². The van der Waals surface area contributed by atoms with E-state index in [1.54, 1.807) is 6.07 Å². The SMILES string of the molecule is C[C@@H](Nc1cc(NC(=O)C2CC2)ncn1)c1cn2cc(C3CC3)cc(N3CC(=O)N(C)C3=O)c2n1. The van der Waals surface area contributed by atoms with Gasteiger partial charge in [0, 0.05) is 31.4 Å². The number of nitrogens with zero attached hydrogens (tertiary/aromatic N) is 6. The molecule has 0 aromatic carbocycles. The number of aromatic nitrogens is 4. The van der Waals surface area contributed by atoms with Crippen LogP contribution in [0.3, 0.4) is 0 Å². The van der Waals surface area contributed by atoms with Crippen molar-refractivity contribution >= 4 is 40.8 Å². The summed E-state index contributed by atoms with van der Waals surface area (Å²) in [5.74, 6) is 1.33. The topological polar surface area (TPSA) is 125 Å². The Hall–Kier alpha value is -4.02. The minimum absolute atomic E-state index is 0.00536. The van der Waals surface area contributed by atoms with Crippen molar-refractivity contribution in [3.05, 3.63) is 42.1 Å². The van der Waals surface area contributed by atoms with Crippen molar-refractivity contribution in [3.8, 4) is 0 Å². The Morgan fingerprint density at radius 2 is 1.86 bits per heavy atom. The summed E-state index contributed by atoms with van der Waals surface area (Å²) in [7, 11) is 1.50. The van der Waals surface area contributed by atoms with Crippen LogP contribution in [-0.2, 0) is 9.59 Å². The standard InChI is InChI=1S/C24H26N8O3/c1-13(27-19-8-20(26-12-25-19)29-23(34)15-5-6-15)17-10-31-9-16(14-3-4-14)7-18(22(31)28-17)32-11-21(33)30(2)24(32)35/h7-10,12-15H,3-6,11H2,1-2H3,(H2,25,26,27,29,34)/t13-/m1/s1. The molecule has 2 saturated carbocycles. The van der Waals surface area contributed by atoms with Crippen molar-refractivity contribution < 1.29 is 14.4 Å². The number of nitrogens with one attached hydrogen (secondary N) is 2. The molecule has 3 aromatic heterocycles. The third-order valence-corrected chi connectivity index (χ3v) is 6.77. The Kier molecular flexibility index (Phi) is 4.94. The molecular weight excluding hydrogens is 448 g/mol. The Bertz CT molecular complexity index is 1360. The highest BCUT2D eigenvalue weighted by molar-refractivity contribution is 6.13. The minimum atomic E-state index is -0.345. The highest BCUT2D eigenvalue weighted by Crippen LogP contribution is 2.42. The van der Waals surface area contributed by atoms with Crippen molar-refractivity contribution in [1.29, 1.82) is 0 Å². The number of imidazole rings is 1. The van der Waals surface area contributed by atoms with Gasteiger partial charge in [0.15, 0.2) is 5.65 Å². The van der Waals surface area contributed by atoms with Gasteiger partial charge in [0.2, 0.25) is 11.8 Å². The normalized spacial score (nSPS) is 18.9. The zero-order valence-electron chi connectivity index (χ0n) is 19.6. The van der Waals surface area contributed by atoms with E-state index in [1.165, 1.54) is 18.3 Å². The predicted octanol–water partition coefficient (Wildman–Crippen LogP) is 2.92. The Balaban J connectivity index is 1.29. The van der Waals surface area contributed by atoms with Crippen molar-refractivity contribution in [2.24, 2.45) is 5.92 Å². The van der Waals surface area contributed by atoms with E-state index in [0.29, 0.717) is 28.9 Å². The second kappa shape index (κ2) is 8.03. The Labute approximate surface area is 201 Å². The smallest absolute Gasteiger partial charge is 0.331 e. The van der Waals surface area contributed by atoms with Crippen LogP contribution in [-0.4, -0.2) is 55.7 Å². The van der Waals surface area contributed by atoms with Gasteiger partial charge >= 0.3 is 6.03 Å². The van der Waals surface area contributed by atoms with E-state index in [9.17, 15) is 14.4 Å². The van der Waals surface area contributed by atoms with Gasteiger partial charge < -0.3 is 15.0 Å². The highest BCUT2D eigenvalue weighted by Gasteiger charge is 2.36. The third kappa shape index (κ3) is 4.07. The van der Waals surface area contributed by atoms with Crippen molar-refractivity contribution in [1.82, 2.24) is 24.3 Å². The lowest BCUT2D eigenvalue weighted by atomic mass is 10.1. The number of amides is 4. The van der Waals surface area contributed by atoms with Crippen LogP contribution in [0.4, 0.5) is 22.1 Å². The summed E-state index contributed by atoms with van der Waals surface area (Å²) < 4.78 is 1.94. The zero-order chi connectivity index (χ0) is 24.3. The number of rotatable bonds is 7. The molecule has 3 aliphatic rings. The average molecular weight is 475 g/mol. The molecule has 1 saturated heterocycles. The molecule has 4 heterocycles. The van der Waals surface area contributed by atoms with Crippen LogP contribution < -0.4 is 15.5 Å². The predicted molar refractivity (Wildman–Crippen MR) is 128 cm³/mol.